The number of benzene rings is 1. The lowest BCUT2D eigenvalue weighted by molar-refractivity contribution is 0.415. The monoisotopic (exact) mass is 367 g/mol. The van der Waals surface area contributed by atoms with Gasteiger partial charge < -0.3 is 10.1 Å². The van der Waals surface area contributed by atoms with Gasteiger partial charge in [-0.2, -0.15) is 0 Å². The fraction of sp³-hybridized carbons (Fsp3) is 0.565. The van der Waals surface area contributed by atoms with Crippen LogP contribution in [0.15, 0.2) is 12.1 Å². The largest absolute Gasteiger partial charge is 0.496 e. The normalized spacial score (nSPS) is 13.1. The van der Waals surface area contributed by atoms with Crippen molar-refractivity contribution < 1.29 is 4.74 Å². The molecule has 1 aliphatic rings. The van der Waals surface area contributed by atoms with Crippen molar-refractivity contribution in [1.82, 2.24) is 9.97 Å². The minimum atomic E-state index is 0.440. The van der Waals surface area contributed by atoms with Crippen LogP contribution in [-0.4, -0.2) is 23.1 Å². The Bertz CT molecular complexity index is 797. The lowest BCUT2D eigenvalue weighted by atomic mass is 10.0. The van der Waals surface area contributed by atoms with E-state index in [1.165, 1.54) is 17.5 Å². The van der Waals surface area contributed by atoms with E-state index in [0.717, 1.165) is 72.7 Å². The van der Waals surface area contributed by atoms with Crippen molar-refractivity contribution in [3.63, 3.8) is 0 Å². The van der Waals surface area contributed by atoms with Gasteiger partial charge in [0, 0.05) is 11.6 Å². The van der Waals surface area contributed by atoms with E-state index in [2.05, 4.69) is 45.1 Å². The van der Waals surface area contributed by atoms with E-state index in [1.54, 1.807) is 7.11 Å². The predicted octanol–water partition coefficient (Wildman–Crippen LogP) is 5.37. The second-order valence-corrected chi connectivity index (χ2v) is 7.35. The van der Waals surface area contributed by atoms with Gasteiger partial charge in [0.05, 0.1) is 24.2 Å². The zero-order valence-corrected chi connectivity index (χ0v) is 17.5. The van der Waals surface area contributed by atoms with Crippen molar-refractivity contribution in [3.8, 4) is 17.0 Å². The zero-order valence-electron chi connectivity index (χ0n) is 17.5. The Morgan fingerprint density at radius 2 is 1.63 bits per heavy atom. The first-order valence-corrected chi connectivity index (χ1v) is 10.5. The molecule has 1 heterocycles. The van der Waals surface area contributed by atoms with Crippen LogP contribution in [0.4, 0.5) is 5.82 Å². The maximum Gasteiger partial charge on any atom is 0.148 e. The molecule has 0 spiro atoms. The van der Waals surface area contributed by atoms with E-state index in [0.29, 0.717) is 6.04 Å². The SMILES string of the molecule is CCc1nc(-c2cc3c(cc2OC)CCC3)c(CC)nc1NC(CC)CC. The molecule has 0 saturated carbocycles. The maximum absolute atomic E-state index is 5.74. The Kier molecular flexibility index (Phi) is 6.35. The molecule has 0 fully saturated rings. The van der Waals surface area contributed by atoms with Gasteiger partial charge in [-0.1, -0.05) is 27.7 Å². The highest BCUT2D eigenvalue weighted by molar-refractivity contribution is 5.72. The van der Waals surface area contributed by atoms with Gasteiger partial charge in [0.25, 0.3) is 0 Å². The van der Waals surface area contributed by atoms with Gasteiger partial charge in [0.1, 0.15) is 11.6 Å². The van der Waals surface area contributed by atoms with Crippen LogP contribution < -0.4 is 10.1 Å². The van der Waals surface area contributed by atoms with E-state index in [1.807, 2.05) is 0 Å². The summed E-state index contributed by atoms with van der Waals surface area (Å²) in [6, 6.07) is 4.94. The second kappa shape index (κ2) is 8.73. The highest BCUT2D eigenvalue weighted by atomic mass is 16.5. The van der Waals surface area contributed by atoms with Crippen LogP contribution in [0.2, 0.25) is 0 Å². The Morgan fingerprint density at radius 3 is 2.22 bits per heavy atom. The quantitative estimate of drug-likeness (QED) is 0.682. The Morgan fingerprint density at radius 1 is 0.963 bits per heavy atom. The fourth-order valence-electron chi connectivity index (χ4n) is 3.97. The van der Waals surface area contributed by atoms with Crippen LogP contribution >= 0.6 is 0 Å². The maximum atomic E-state index is 5.74. The molecular weight excluding hydrogens is 334 g/mol. The minimum absolute atomic E-state index is 0.440. The van der Waals surface area contributed by atoms with Gasteiger partial charge in [-0.3, -0.25) is 0 Å². The van der Waals surface area contributed by atoms with Gasteiger partial charge in [-0.15, -0.1) is 0 Å². The lowest BCUT2D eigenvalue weighted by Gasteiger charge is -2.20. The highest BCUT2D eigenvalue weighted by Crippen LogP contribution is 2.37. The van der Waals surface area contributed by atoms with E-state index in [4.69, 9.17) is 14.7 Å². The average molecular weight is 368 g/mol. The predicted molar refractivity (Wildman–Crippen MR) is 113 cm³/mol. The smallest absolute Gasteiger partial charge is 0.148 e. The summed E-state index contributed by atoms with van der Waals surface area (Å²) in [5, 5.41) is 3.62. The number of anilines is 1. The number of hydrogen-bond acceptors (Lipinski definition) is 4. The standard InChI is InChI=1S/C23H33N3O/c1-6-17(7-2)24-23-20(9-4)25-22(19(8-3)26-23)18-13-15-11-10-12-16(15)14-21(18)27-5/h13-14,17H,6-12H2,1-5H3,(H,24,26). The van der Waals surface area contributed by atoms with E-state index in [-0.39, 0.29) is 0 Å². The van der Waals surface area contributed by atoms with Crippen LogP contribution in [0.1, 0.15) is 69.5 Å². The molecule has 0 unspecified atom stereocenters. The summed E-state index contributed by atoms with van der Waals surface area (Å²) in [5.74, 6) is 1.87. The van der Waals surface area contributed by atoms with Crippen molar-refractivity contribution in [2.45, 2.75) is 78.7 Å². The van der Waals surface area contributed by atoms with Crippen molar-refractivity contribution in [1.29, 1.82) is 0 Å². The Balaban J connectivity index is 2.11. The van der Waals surface area contributed by atoms with Gasteiger partial charge >= 0.3 is 0 Å². The molecule has 1 aromatic carbocycles. The first-order valence-electron chi connectivity index (χ1n) is 10.5. The number of hydrogen-bond donors (Lipinski definition) is 1. The molecule has 4 heteroatoms. The van der Waals surface area contributed by atoms with Gasteiger partial charge in [-0.25, -0.2) is 9.97 Å². The molecule has 3 rings (SSSR count). The number of aromatic nitrogens is 2. The van der Waals surface area contributed by atoms with Crippen molar-refractivity contribution in [2.75, 3.05) is 12.4 Å². The van der Waals surface area contributed by atoms with E-state index < -0.39 is 0 Å². The van der Waals surface area contributed by atoms with Crippen LogP contribution in [0, 0.1) is 0 Å². The molecule has 0 radical (unpaired) electrons. The van der Waals surface area contributed by atoms with Crippen LogP contribution in [0.25, 0.3) is 11.3 Å². The molecule has 0 bridgehead atoms. The second-order valence-electron chi connectivity index (χ2n) is 7.35. The molecule has 4 nitrogen and oxygen atoms in total. The van der Waals surface area contributed by atoms with E-state index in [9.17, 15) is 0 Å². The summed E-state index contributed by atoms with van der Waals surface area (Å²) in [7, 11) is 1.75. The number of methoxy groups -OCH3 is 1. The van der Waals surface area contributed by atoms with Gasteiger partial charge in [0.2, 0.25) is 0 Å². The molecule has 0 aliphatic heterocycles. The molecule has 1 N–H and O–H groups in total. The topological polar surface area (TPSA) is 47.0 Å². The number of nitrogens with one attached hydrogen (secondary N) is 1. The third-order valence-corrected chi connectivity index (χ3v) is 5.71. The van der Waals surface area contributed by atoms with E-state index >= 15 is 0 Å². The molecule has 27 heavy (non-hydrogen) atoms. The molecule has 1 aliphatic carbocycles. The number of fused-ring (bicyclic) bond motifs is 1. The Labute approximate surface area is 163 Å². The summed E-state index contributed by atoms with van der Waals surface area (Å²) >= 11 is 0. The third kappa shape index (κ3) is 3.95. The number of nitrogens with zero attached hydrogens (tertiary/aromatic N) is 2. The van der Waals surface area contributed by atoms with Crippen molar-refractivity contribution >= 4 is 5.82 Å². The summed E-state index contributed by atoms with van der Waals surface area (Å²) in [5.41, 5.74) is 7.01. The number of rotatable bonds is 8. The Hall–Kier alpha value is -2.10. The summed E-state index contributed by atoms with van der Waals surface area (Å²) in [4.78, 5) is 10.1. The minimum Gasteiger partial charge on any atom is -0.496 e. The highest BCUT2D eigenvalue weighted by Gasteiger charge is 2.21. The summed E-state index contributed by atoms with van der Waals surface area (Å²) in [6.45, 7) is 8.73. The molecular formula is C23H33N3O. The molecule has 146 valence electrons. The average Bonchev–Trinajstić information content (AvgIpc) is 3.17. The van der Waals surface area contributed by atoms with Crippen LogP contribution in [0.5, 0.6) is 5.75 Å². The van der Waals surface area contributed by atoms with Crippen molar-refractivity contribution in [3.05, 3.63) is 34.6 Å². The van der Waals surface area contributed by atoms with Crippen LogP contribution in [0.3, 0.4) is 0 Å². The molecule has 2 aromatic rings. The van der Waals surface area contributed by atoms with Gasteiger partial charge in [-0.05, 0) is 68.2 Å². The fourth-order valence-corrected chi connectivity index (χ4v) is 3.97. The van der Waals surface area contributed by atoms with Crippen LogP contribution in [-0.2, 0) is 25.7 Å². The number of aryl methyl sites for hydroxylation is 4. The first kappa shape index (κ1) is 19.7. The molecule has 0 saturated heterocycles. The summed E-state index contributed by atoms with van der Waals surface area (Å²) in [6.07, 6.45) is 7.41. The zero-order chi connectivity index (χ0) is 19.4. The molecule has 0 atom stereocenters. The van der Waals surface area contributed by atoms with Gasteiger partial charge in [0.15, 0.2) is 0 Å². The first-order chi connectivity index (χ1) is 13.1. The third-order valence-electron chi connectivity index (χ3n) is 5.71. The molecule has 1 aromatic heterocycles. The summed E-state index contributed by atoms with van der Waals surface area (Å²) < 4.78 is 5.74. The van der Waals surface area contributed by atoms with Crippen molar-refractivity contribution in [2.24, 2.45) is 0 Å². The molecule has 0 amide bonds. The lowest BCUT2D eigenvalue weighted by Crippen LogP contribution is -2.20. The number of ether oxygens (including phenoxy) is 1.